The summed E-state index contributed by atoms with van der Waals surface area (Å²) in [5.41, 5.74) is 1.24. The van der Waals surface area contributed by atoms with Crippen LogP contribution >= 0.6 is 11.8 Å². The van der Waals surface area contributed by atoms with Crippen molar-refractivity contribution in [2.24, 2.45) is 0 Å². The standard InChI is InChI=1S/C13H26N4O2S2/c1-6-12(9-20-5)16-21(18,19)13-10(2)15-17(11(13)3)8-7-14-4/h12,14,16H,6-9H2,1-5H3. The first-order valence-electron chi connectivity index (χ1n) is 7.07. The van der Waals surface area contributed by atoms with E-state index in [4.69, 9.17) is 0 Å². The molecule has 0 fully saturated rings. The first kappa shape index (κ1) is 18.5. The van der Waals surface area contributed by atoms with Crippen LogP contribution < -0.4 is 10.0 Å². The number of likely N-dealkylation sites (N-methyl/N-ethyl adjacent to an activating group) is 1. The molecule has 1 rings (SSSR count). The largest absolute Gasteiger partial charge is 0.318 e. The van der Waals surface area contributed by atoms with Gasteiger partial charge in [0, 0.05) is 18.3 Å². The van der Waals surface area contributed by atoms with Crippen molar-refractivity contribution in [2.45, 2.75) is 44.7 Å². The molecule has 1 heterocycles. The van der Waals surface area contributed by atoms with Gasteiger partial charge >= 0.3 is 0 Å². The van der Waals surface area contributed by atoms with Gasteiger partial charge in [-0.3, -0.25) is 4.68 Å². The minimum Gasteiger partial charge on any atom is -0.318 e. The normalized spacial score (nSPS) is 13.6. The van der Waals surface area contributed by atoms with Crippen molar-refractivity contribution in [3.05, 3.63) is 11.4 Å². The second kappa shape index (κ2) is 8.17. The number of nitrogens with zero attached hydrogens (tertiary/aromatic N) is 2. The first-order chi connectivity index (χ1) is 9.87. The SMILES string of the molecule is CCC(CSC)NS(=O)(=O)c1c(C)nn(CCNC)c1C. The molecule has 0 saturated heterocycles. The van der Waals surface area contributed by atoms with E-state index in [0.717, 1.165) is 18.7 Å². The molecule has 0 aliphatic heterocycles. The molecule has 0 bridgehead atoms. The molecule has 1 unspecified atom stereocenters. The van der Waals surface area contributed by atoms with Crippen LogP contribution in [0.1, 0.15) is 24.7 Å². The number of aryl methyl sites for hydroxylation is 1. The Balaban J connectivity index is 3.05. The highest BCUT2D eigenvalue weighted by molar-refractivity contribution is 7.98. The maximum absolute atomic E-state index is 12.6. The predicted octanol–water partition coefficient (Wildman–Crippen LogP) is 1.14. The van der Waals surface area contributed by atoms with E-state index in [9.17, 15) is 8.42 Å². The molecule has 0 aliphatic carbocycles. The van der Waals surface area contributed by atoms with Crippen LogP contribution in [0.25, 0.3) is 0 Å². The highest BCUT2D eigenvalue weighted by Crippen LogP contribution is 2.20. The molecule has 1 aromatic heterocycles. The van der Waals surface area contributed by atoms with Crippen LogP contribution in [-0.2, 0) is 16.6 Å². The van der Waals surface area contributed by atoms with E-state index in [1.807, 2.05) is 20.2 Å². The Labute approximate surface area is 132 Å². The third kappa shape index (κ3) is 4.70. The molecule has 0 radical (unpaired) electrons. The summed E-state index contributed by atoms with van der Waals surface area (Å²) < 4.78 is 29.8. The van der Waals surface area contributed by atoms with Crippen LogP contribution in [0.5, 0.6) is 0 Å². The smallest absolute Gasteiger partial charge is 0.244 e. The van der Waals surface area contributed by atoms with Gasteiger partial charge in [-0.25, -0.2) is 13.1 Å². The van der Waals surface area contributed by atoms with Gasteiger partial charge in [-0.15, -0.1) is 0 Å². The highest BCUT2D eigenvalue weighted by Gasteiger charge is 2.26. The number of thioether (sulfide) groups is 1. The third-order valence-corrected chi connectivity index (χ3v) is 5.85. The molecule has 8 heteroatoms. The average molecular weight is 335 g/mol. The summed E-state index contributed by atoms with van der Waals surface area (Å²) in [5.74, 6) is 0.766. The molecule has 0 aromatic carbocycles. The molecule has 21 heavy (non-hydrogen) atoms. The van der Waals surface area contributed by atoms with Crippen LogP contribution in [0.4, 0.5) is 0 Å². The maximum atomic E-state index is 12.6. The zero-order chi connectivity index (χ0) is 16.0. The molecular formula is C13H26N4O2S2. The van der Waals surface area contributed by atoms with E-state index in [1.54, 1.807) is 30.3 Å². The zero-order valence-corrected chi connectivity index (χ0v) is 15.1. The number of hydrogen-bond donors (Lipinski definition) is 2. The maximum Gasteiger partial charge on any atom is 0.244 e. The Morgan fingerprint density at radius 2 is 2.05 bits per heavy atom. The molecule has 2 N–H and O–H groups in total. The molecule has 0 saturated carbocycles. The Hall–Kier alpha value is -0.570. The van der Waals surface area contributed by atoms with Crippen LogP contribution in [0.15, 0.2) is 4.90 Å². The summed E-state index contributed by atoms with van der Waals surface area (Å²) in [5, 5.41) is 7.39. The van der Waals surface area contributed by atoms with Gasteiger partial charge in [0.15, 0.2) is 0 Å². The van der Waals surface area contributed by atoms with E-state index in [2.05, 4.69) is 15.1 Å². The van der Waals surface area contributed by atoms with E-state index >= 15 is 0 Å². The molecule has 0 aliphatic rings. The monoisotopic (exact) mass is 334 g/mol. The van der Waals surface area contributed by atoms with Gasteiger partial charge in [0.2, 0.25) is 10.0 Å². The second-order valence-corrected chi connectivity index (χ2v) is 7.57. The van der Waals surface area contributed by atoms with Crippen molar-refractivity contribution in [3.63, 3.8) is 0 Å². The lowest BCUT2D eigenvalue weighted by molar-refractivity contribution is 0.553. The van der Waals surface area contributed by atoms with Crippen molar-refractivity contribution < 1.29 is 8.42 Å². The Bertz CT molecular complexity index is 555. The fraction of sp³-hybridized carbons (Fsp3) is 0.769. The van der Waals surface area contributed by atoms with Gasteiger partial charge in [0.25, 0.3) is 0 Å². The Kier molecular flexibility index (Phi) is 7.19. The van der Waals surface area contributed by atoms with Gasteiger partial charge in [0.1, 0.15) is 4.90 Å². The quantitative estimate of drug-likeness (QED) is 0.708. The Morgan fingerprint density at radius 1 is 1.38 bits per heavy atom. The van der Waals surface area contributed by atoms with Crippen molar-refractivity contribution >= 4 is 21.8 Å². The summed E-state index contributed by atoms with van der Waals surface area (Å²) in [4.78, 5) is 0.318. The van der Waals surface area contributed by atoms with Crippen molar-refractivity contribution in [3.8, 4) is 0 Å². The molecule has 122 valence electrons. The summed E-state index contributed by atoms with van der Waals surface area (Å²) >= 11 is 1.64. The fourth-order valence-corrected chi connectivity index (χ4v) is 4.78. The Morgan fingerprint density at radius 3 is 2.57 bits per heavy atom. The fourth-order valence-electron chi connectivity index (χ4n) is 2.22. The minimum atomic E-state index is -3.53. The van der Waals surface area contributed by atoms with Gasteiger partial charge in [-0.05, 0) is 33.6 Å². The van der Waals surface area contributed by atoms with E-state index in [1.165, 1.54) is 0 Å². The van der Waals surface area contributed by atoms with E-state index < -0.39 is 10.0 Å². The van der Waals surface area contributed by atoms with Crippen LogP contribution in [0, 0.1) is 13.8 Å². The van der Waals surface area contributed by atoms with Gasteiger partial charge in [-0.2, -0.15) is 16.9 Å². The average Bonchev–Trinajstić information content (AvgIpc) is 2.70. The zero-order valence-electron chi connectivity index (χ0n) is 13.4. The lowest BCUT2D eigenvalue weighted by Gasteiger charge is -2.16. The van der Waals surface area contributed by atoms with Crippen molar-refractivity contribution in [2.75, 3.05) is 25.6 Å². The number of nitrogens with one attached hydrogen (secondary N) is 2. The molecular weight excluding hydrogens is 308 g/mol. The summed E-state index contributed by atoms with van der Waals surface area (Å²) in [6.45, 7) is 6.94. The summed E-state index contributed by atoms with van der Waals surface area (Å²) in [6, 6.07) is -0.0514. The van der Waals surface area contributed by atoms with Gasteiger partial charge < -0.3 is 5.32 Å². The lowest BCUT2D eigenvalue weighted by Crippen LogP contribution is -2.36. The molecule has 1 aromatic rings. The number of rotatable bonds is 9. The molecule has 1 atom stereocenters. The van der Waals surface area contributed by atoms with Gasteiger partial charge in [0.05, 0.1) is 17.9 Å². The topological polar surface area (TPSA) is 76.0 Å². The number of aromatic nitrogens is 2. The summed E-state index contributed by atoms with van der Waals surface area (Å²) in [6.07, 6.45) is 2.75. The van der Waals surface area contributed by atoms with E-state index in [-0.39, 0.29) is 6.04 Å². The third-order valence-electron chi connectivity index (χ3n) is 3.34. The van der Waals surface area contributed by atoms with E-state index in [0.29, 0.717) is 22.8 Å². The number of sulfonamides is 1. The molecule has 0 amide bonds. The highest BCUT2D eigenvalue weighted by atomic mass is 32.2. The van der Waals surface area contributed by atoms with Crippen molar-refractivity contribution in [1.82, 2.24) is 19.8 Å². The van der Waals surface area contributed by atoms with Gasteiger partial charge in [-0.1, -0.05) is 6.92 Å². The number of hydrogen-bond acceptors (Lipinski definition) is 5. The summed E-state index contributed by atoms with van der Waals surface area (Å²) in [7, 11) is -1.67. The predicted molar refractivity (Wildman–Crippen MR) is 88.4 cm³/mol. The molecule has 0 spiro atoms. The molecule has 6 nitrogen and oxygen atoms in total. The van der Waals surface area contributed by atoms with Crippen molar-refractivity contribution in [1.29, 1.82) is 0 Å². The van der Waals surface area contributed by atoms with Crippen LogP contribution in [0.2, 0.25) is 0 Å². The lowest BCUT2D eigenvalue weighted by atomic mass is 10.3. The minimum absolute atomic E-state index is 0.0514. The van der Waals surface area contributed by atoms with Crippen LogP contribution in [0.3, 0.4) is 0 Å². The second-order valence-electron chi connectivity index (χ2n) is 5.01. The first-order valence-corrected chi connectivity index (χ1v) is 9.94. The van der Waals surface area contributed by atoms with Crippen LogP contribution in [-0.4, -0.2) is 49.8 Å².